The van der Waals surface area contributed by atoms with Crippen molar-refractivity contribution in [1.29, 1.82) is 0 Å². The van der Waals surface area contributed by atoms with E-state index in [0.29, 0.717) is 12.1 Å². The standard InChI is InChI=1S/C12H18FNO3S/c1-9(14(2)6-7-18(3,16)17)11-5-4-10(13)8-12(11)15/h4-5,8-9,15H,6-7H2,1-3H3. The number of nitrogens with zero attached hydrogens (tertiary/aromatic N) is 1. The van der Waals surface area contributed by atoms with Gasteiger partial charge < -0.3 is 5.11 Å². The van der Waals surface area contributed by atoms with Gasteiger partial charge in [-0.15, -0.1) is 0 Å². The Hall–Kier alpha value is -1.14. The summed E-state index contributed by atoms with van der Waals surface area (Å²) in [5.74, 6) is -0.563. The molecule has 0 saturated carbocycles. The molecule has 0 radical (unpaired) electrons. The van der Waals surface area contributed by atoms with Crippen molar-refractivity contribution >= 4 is 9.84 Å². The van der Waals surface area contributed by atoms with E-state index in [0.717, 1.165) is 6.07 Å². The summed E-state index contributed by atoms with van der Waals surface area (Å²) in [6.07, 6.45) is 1.18. The summed E-state index contributed by atoms with van der Waals surface area (Å²) in [5, 5.41) is 9.65. The van der Waals surface area contributed by atoms with Crippen LogP contribution < -0.4 is 0 Å². The van der Waals surface area contributed by atoms with Crippen LogP contribution in [0.3, 0.4) is 0 Å². The summed E-state index contributed by atoms with van der Waals surface area (Å²) in [5.41, 5.74) is 0.576. The van der Waals surface area contributed by atoms with Gasteiger partial charge in [-0.25, -0.2) is 12.8 Å². The average Bonchev–Trinajstić information content (AvgIpc) is 2.24. The number of phenolic OH excluding ortho intramolecular Hbond substituents is 1. The minimum Gasteiger partial charge on any atom is -0.508 e. The van der Waals surface area contributed by atoms with Gasteiger partial charge in [-0.05, 0) is 20.0 Å². The van der Waals surface area contributed by atoms with Crippen LogP contribution in [0.1, 0.15) is 18.5 Å². The molecule has 6 heteroatoms. The van der Waals surface area contributed by atoms with Crippen LogP contribution in [-0.2, 0) is 9.84 Å². The summed E-state index contributed by atoms with van der Waals surface area (Å²) >= 11 is 0. The predicted molar refractivity (Wildman–Crippen MR) is 68.8 cm³/mol. The first-order valence-corrected chi connectivity index (χ1v) is 7.63. The Bertz CT molecular complexity index is 516. The third kappa shape index (κ3) is 4.27. The molecule has 18 heavy (non-hydrogen) atoms. The van der Waals surface area contributed by atoms with Crippen LogP contribution in [-0.4, -0.2) is 44.0 Å². The molecule has 1 N–H and O–H groups in total. The van der Waals surface area contributed by atoms with E-state index in [1.807, 2.05) is 6.92 Å². The first-order valence-electron chi connectivity index (χ1n) is 5.57. The van der Waals surface area contributed by atoms with Gasteiger partial charge >= 0.3 is 0 Å². The van der Waals surface area contributed by atoms with Gasteiger partial charge in [0.2, 0.25) is 0 Å². The second-order valence-corrected chi connectivity index (χ2v) is 6.75. The Kier molecular flexibility index (Phi) is 4.70. The fourth-order valence-electron chi connectivity index (χ4n) is 1.61. The monoisotopic (exact) mass is 275 g/mol. The molecule has 1 aromatic carbocycles. The first-order chi connectivity index (χ1) is 8.20. The predicted octanol–water partition coefficient (Wildman–Crippen LogP) is 1.57. The lowest BCUT2D eigenvalue weighted by Gasteiger charge is -2.25. The number of halogens is 1. The summed E-state index contributed by atoms with van der Waals surface area (Å²) < 4.78 is 35.0. The van der Waals surface area contributed by atoms with E-state index >= 15 is 0 Å². The maximum absolute atomic E-state index is 12.9. The number of rotatable bonds is 5. The molecule has 1 aromatic rings. The van der Waals surface area contributed by atoms with Crippen molar-refractivity contribution in [3.8, 4) is 5.75 Å². The van der Waals surface area contributed by atoms with Crippen LogP contribution in [0.5, 0.6) is 5.75 Å². The van der Waals surface area contributed by atoms with Crippen molar-refractivity contribution in [1.82, 2.24) is 4.90 Å². The second-order valence-electron chi connectivity index (χ2n) is 4.49. The third-order valence-corrected chi connectivity index (χ3v) is 3.84. The lowest BCUT2D eigenvalue weighted by atomic mass is 10.1. The Labute approximate surface area is 107 Å². The Morgan fingerprint density at radius 2 is 2.06 bits per heavy atom. The smallest absolute Gasteiger partial charge is 0.148 e. The molecule has 0 aliphatic carbocycles. The van der Waals surface area contributed by atoms with E-state index < -0.39 is 15.7 Å². The maximum atomic E-state index is 12.9. The lowest BCUT2D eigenvalue weighted by Crippen LogP contribution is -2.28. The molecule has 102 valence electrons. The van der Waals surface area contributed by atoms with Crippen LogP contribution in [0, 0.1) is 5.82 Å². The number of sulfone groups is 1. The lowest BCUT2D eigenvalue weighted by molar-refractivity contribution is 0.270. The summed E-state index contributed by atoms with van der Waals surface area (Å²) in [6.45, 7) is 2.19. The van der Waals surface area contributed by atoms with Crippen LogP contribution in [0.2, 0.25) is 0 Å². The van der Waals surface area contributed by atoms with Gasteiger partial charge in [0.25, 0.3) is 0 Å². The van der Waals surface area contributed by atoms with Crippen molar-refractivity contribution in [2.45, 2.75) is 13.0 Å². The molecule has 1 atom stereocenters. The summed E-state index contributed by atoms with van der Waals surface area (Å²) in [6, 6.07) is 3.64. The molecule has 0 bridgehead atoms. The topological polar surface area (TPSA) is 57.6 Å². The van der Waals surface area contributed by atoms with Crippen LogP contribution in [0.25, 0.3) is 0 Å². The van der Waals surface area contributed by atoms with Crippen molar-refractivity contribution in [2.24, 2.45) is 0 Å². The van der Waals surface area contributed by atoms with Gasteiger partial charge in [0.1, 0.15) is 21.4 Å². The quantitative estimate of drug-likeness (QED) is 0.886. The van der Waals surface area contributed by atoms with Gasteiger partial charge in [0, 0.05) is 30.5 Å². The zero-order valence-corrected chi connectivity index (χ0v) is 11.5. The van der Waals surface area contributed by atoms with Crippen molar-refractivity contribution in [3.05, 3.63) is 29.6 Å². The first kappa shape index (κ1) is 14.9. The number of benzene rings is 1. The van der Waals surface area contributed by atoms with E-state index in [1.165, 1.54) is 18.4 Å². The zero-order valence-electron chi connectivity index (χ0n) is 10.7. The summed E-state index contributed by atoms with van der Waals surface area (Å²) in [4.78, 5) is 1.80. The largest absolute Gasteiger partial charge is 0.508 e. The number of hydrogen-bond acceptors (Lipinski definition) is 4. The highest BCUT2D eigenvalue weighted by atomic mass is 32.2. The number of phenols is 1. The van der Waals surface area contributed by atoms with Crippen LogP contribution in [0.4, 0.5) is 4.39 Å². The van der Waals surface area contributed by atoms with Crippen molar-refractivity contribution in [3.63, 3.8) is 0 Å². The second kappa shape index (κ2) is 5.67. The highest BCUT2D eigenvalue weighted by molar-refractivity contribution is 7.90. The number of hydrogen-bond donors (Lipinski definition) is 1. The molecule has 0 amide bonds. The molecule has 4 nitrogen and oxygen atoms in total. The molecular weight excluding hydrogens is 257 g/mol. The van der Waals surface area contributed by atoms with Gasteiger partial charge in [0.15, 0.2) is 0 Å². The minimum atomic E-state index is -3.02. The molecule has 0 saturated heterocycles. The molecule has 0 aliphatic heterocycles. The van der Waals surface area contributed by atoms with Gasteiger partial charge in [-0.3, -0.25) is 4.90 Å². The fourth-order valence-corrected chi connectivity index (χ4v) is 2.23. The fraction of sp³-hybridized carbons (Fsp3) is 0.500. The van der Waals surface area contributed by atoms with E-state index in [9.17, 15) is 17.9 Å². The van der Waals surface area contributed by atoms with Crippen LogP contribution in [0.15, 0.2) is 18.2 Å². The Balaban J connectivity index is 2.77. The Morgan fingerprint density at radius 3 is 2.56 bits per heavy atom. The molecule has 0 fully saturated rings. The van der Waals surface area contributed by atoms with Gasteiger partial charge in [0.05, 0.1) is 5.75 Å². The average molecular weight is 275 g/mol. The molecule has 0 spiro atoms. The van der Waals surface area contributed by atoms with Crippen LogP contribution >= 0.6 is 0 Å². The Morgan fingerprint density at radius 1 is 1.44 bits per heavy atom. The minimum absolute atomic E-state index is 0.0514. The van der Waals surface area contributed by atoms with E-state index in [4.69, 9.17) is 0 Å². The van der Waals surface area contributed by atoms with Crippen molar-refractivity contribution in [2.75, 3.05) is 25.6 Å². The van der Waals surface area contributed by atoms with Crippen molar-refractivity contribution < 1.29 is 17.9 Å². The van der Waals surface area contributed by atoms with Gasteiger partial charge in [-0.2, -0.15) is 0 Å². The molecule has 1 rings (SSSR count). The summed E-state index contributed by atoms with van der Waals surface area (Å²) in [7, 11) is -1.25. The molecule has 0 aliphatic rings. The van der Waals surface area contributed by atoms with E-state index in [-0.39, 0.29) is 17.5 Å². The van der Waals surface area contributed by atoms with E-state index in [2.05, 4.69) is 0 Å². The number of aromatic hydroxyl groups is 1. The molecule has 0 aromatic heterocycles. The van der Waals surface area contributed by atoms with Gasteiger partial charge in [-0.1, -0.05) is 6.07 Å². The molecule has 1 unspecified atom stereocenters. The highest BCUT2D eigenvalue weighted by Crippen LogP contribution is 2.27. The van der Waals surface area contributed by atoms with E-state index in [1.54, 1.807) is 11.9 Å². The normalized spacial score (nSPS) is 13.8. The SMILES string of the molecule is CC(c1ccc(F)cc1O)N(C)CCS(C)(=O)=O. The zero-order chi connectivity index (χ0) is 13.9. The molecule has 0 heterocycles. The highest BCUT2D eigenvalue weighted by Gasteiger charge is 2.17. The third-order valence-electron chi connectivity index (χ3n) is 2.92. The molecular formula is C12H18FNO3S. The maximum Gasteiger partial charge on any atom is 0.148 e.